The molecule has 0 radical (unpaired) electrons. The summed E-state index contributed by atoms with van der Waals surface area (Å²) >= 11 is 0. The van der Waals surface area contributed by atoms with Crippen LogP contribution in [0.1, 0.15) is 11.3 Å². The molecule has 8 heteroatoms. The van der Waals surface area contributed by atoms with Gasteiger partial charge >= 0.3 is 5.69 Å². The molecule has 1 N–H and O–H groups in total. The highest BCUT2D eigenvalue weighted by Gasteiger charge is 2.24. The van der Waals surface area contributed by atoms with Crippen molar-refractivity contribution in [3.63, 3.8) is 0 Å². The molecule has 8 nitrogen and oxygen atoms in total. The summed E-state index contributed by atoms with van der Waals surface area (Å²) in [6.07, 6.45) is 0. The molecule has 0 unspecified atom stereocenters. The second-order valence-corrected chi connectivity index (χ2v) is 7.78. The lowest BCUT2D eigenvalue weighted by Crippen LogP contribution is -2.37. The summed E-state index contributed by atoms with van der Waals surface area (Å²) in [5.41, 5.74) is 4.45. The number of benzene rings is 2. The quantitative estimate of drug-likeness (QED) is 0.480. The fourth-order valence-corrected chi connectivity index (χ4v) is 4.12. The number of aromatic hydroxyl groups is 1. The van der Waals surface area contributed by atoms with Crippen molar-refractivity contribution in [1.82, 2.24) is 23.1 Å². The Bertz CT molecular complexity index is 1600. The van der Waals surface area contributed by atoms with Gasteiger partial charge < -0.3 is 5.11 Å². The van der Waals surface area contributed by atoms with Crippen LogP contribution in [0.25, 0.3) is 33.9 Å². The minimum absolute atomic E-state index is 0.158. The molecule has 31 heavy (non-hydrogen) atoms. The van der Waals surface area contributed by atoms with Crippen LogP contribution < -0.4 is 11.2 Å². The lowest BCUT2D eigenvalue weighted by molar-refractivity contribution is 0.475. The Morgan fingerprint density at radius 3 is 2.16 bits per heavy atom. The van der Waals surface area contributed by atoms with Crippen molar-refractivity contribution in [3.8, 4) is 22.7 Å². The van der Waals surface area contributed by atoms with E-state index < -0.39 is 11.2 Å². The van der Waals surface area contributed by atoms with Gasteiger partial charge in [-0.05, 0) is 38.1 Å². The van der Waals surface area contributed by atoms with Gasteiger partial charge in [-0.3, -0.25) is 22.9 Å². The number of phenolic OH excluding ortho intramolecular Hbond substituents is 1. The number of nitrogens with zero attached hydrogens (tertiary/aromatic N) is 5. The first-order valence-corrected chi connectivity index (χ1v) is 9.85. The average Bonchev–Trinajstić information content (AvgIpc) is 3.28. The fourth-order valence-electron chi connectivity index (χ4n) is 4.12. The lowest BCUT2D eigenvalue weighted by atomic mass is 10.1. The highest BCUT2D eigenvalue weighted by molar-refractivity contribution is 5.81. The van der Waals surface area contributed by atoms with Crippen LogP contribution in [0.2, 0.25) is 0 Å². The maximum Gasteiger partial charge on any atom is 0.332 e. The molecule has 0 aliphatic carbocycles. The first-order valence-electron chi connectivity index (χ1n) is 9.85. The van der Waals surface area contributed by atoms with E-state index in [1.807, 2.05) is 42.7 Å². The summed E-state index contributed by atoms with van der Waals surface area (Å²) in [7, 11) is 3.08. The molecule has 0 aliphatic rings. The zero-order chi connectivity index (χ0) is 22.0. The molecular weight excluding hydrogens is 394 g/mol. The number of aromatic nitrogens is 5. The Morgan fingerprint density at radius 2 is 1.52 bits per heavy atom. The van der Waals surface area contributed by atoms with Crippen molar-refractivity contribution >= 4 is 16.9 Å². The van der Waals surface area contributed by atoms with Crippen molar-refractivity contribution in [2.45, 2.75) is 13.8 Å². The SMILES string of the molecule is Cc1ccc(-c2c(C)n3c4c(=O)n(C)c(=O)n(C)c4nc3n2-c2ccc(O)cc2)cc1. The van der Waals surface area contributed by atoms with Crippen molar-refractivity contribution in [3.05, 3.63) is 80.6 Å². The molecule has 5 rings (SSSR count). The van der Waals surface area contributed by atoms with E-state index in [2.05, 4.69) is 0 Å². The average molecular weight is 415 g/mol. The van der Waals surface area contributed by atoms with Crippen molar-refractivity contribution in [2.75, 3.05) is 0 Å². The molecule has 3 aromatic heterocycles. The molecular formula is C23H21N5O3. The van der Waals surface area contributed by atoms with Crippen LogP contribution in [-0.4, -0.2) is 28.2 Å². The monoisotopic (exact) mass is 415 g/mol. The third-order valence-electron chi connectivity index (χ3n) is 5.77. The van der Waals surface area contributed by atoms with Gasteiger partial charge in [0.25, 0.3) is 5.56 Å². The standard InChI is InChI=1S/C23H21N5O3/c1-13-5-7-15(8-6-13)18-14(2)27-19-20(25(3)23(31)26(4)21(19)30)24-22(27)28(18)16-9-11-17(29)12-10-16/h5-12,29H,1-4H3. The predicted molar refractivity (Wildman–Crippen MR) is 119 cm³/mol. The van der Waals surface area contributed by atoms with Crippen LogP contribution in [0, 0.1) is 13.8 Å². The predicted octanol–water partition coefficient (Wildman–Crippen LogP) is 2.67. The van der Waals surface area contributed by atoms with Crippen LogP contribution in [0.3, 0.4) is 0 Å². The van der Waals surface area contributed by atoms with Crippen LogP contribution in [0.15, 0.2) is 58.1 Å². The van der Waals surface area contributed by atoms with Crippen LogP contribution in [-0.2, 0) is 14.1 Å². The Hall–Kier alpha value is -4.07. The molecule has 0 saturated carbocycles. The van der Waals surface area contributed by atoms with E-state index in [0.717, 1.165) is 32.8 Å². The first-order chi connectivity index (χ1) is 14.8. The smallest absolute Gasteiger partial charge is 0.332 e. The van der Waals surface area contributed by atoms with Crippen LogP contribution >= 0.6 is 0 Å². The molecule has 156 valence electrons. The van der Waals surface area contributed by atoms with Crippen LogP contribution in [0.4, 0.5) is 0 Å². The summed E-state index contributed by atoms with van der Waals surface area (Å²) in [4.78, 5) is 30.2. The highest BCUT2D eigenvalue weighted by Crippen LogP contribution is 2.33. The second-order valence-electron chi connectivity index (χ2n) is 7.78. The number of rotatable bonds is 2. The molecule has 0 atom stereocenters. The molecule has 2 aromatic carbocycles. The van der Waals surface area contributed by atoms with Gasteiger partial charge in [0, 0.05) is 31.0 Å². The third-order valence-corrected chi connectivity index (χ3v) is 5.77. The molecule has 0 aliphatic heterocycles. The van der Waals surface area contributed by atoms with Crippen molar-refractivity contribution in [1.29, 1.82) is 0 Å². The van der Waals surface area contributed by atoms with E-state index in [1.54, 1.807) is 35.7 Å². The van der Waals surface area contributed by atoms with E-state index in [1.165, 1.54) is 11.6 Å². The zero-order valence-corrected chi connectivity index (χ0v) is 17.6. The molecule has 5 aromatic rings. The summed E-state index contributed by atoms with van der Waals surface area (Å²) in [5.74, 6) is 0.678. The van der Waals surface area contributed by atoms with E-state index in [-0.39, 0.29) is 5.75 Å². The van der Waals surface area contributed by atoms with E-state index in [9.17, 15) is 14.7 Å². The minimum atomic E-state index is -0.425. The lowest BCUT2D eigenvalue weighted by Gasteiger charge is -2.11. The highest BCUT2D eigenvalue weighted by atomic mass is 16.3. The fraction of sp³-hybridized carbons (Fsp3) is 0.174. The van der Waals surface area contributed by atoms with Crippen molar-refractivity contribution < 1.29 is 5.11 Å². The molecule has 0 saturated heterocycles. The Balaban J connectivity index is 2.01. The van der Waals surface area contributed by atoms with Gasteiger partial charge in [-0.1, -0.05) is 29.8 Å². The summed E-state index contributed by atoms with van der Waals surface area (Å²) in [6.45, 7) is 3.96. The molecule has 0 spiro atoms. The number of imidazole rings is 2. The van der Waals surface area contributed by atoms with E-state index >= 15 is 0 Å². The third kappa shape index (κ3) is 2.58. The van der Waals surface area contributed by atoms with E-state index in [4.69, 9.17) is 4.98 Å². The molecule has 0 fully saturated rings. The van der Waals surface area contributed by atoms with Gasteiger partial charge in [-0.2, -0.15) is 4.98 Å². The summed E-state index contributed by atoms with van der Waals surface area (Å²) in [5, 5.41) is 9.77. The minimum Gasteiger partial charge on any atom is -0.508 e. The van der Waals surface area contributed by atoms with Gasteiger partial charge in [0.15, 0.2) is 11.2 Å². The van der Waals surface area contributed by atoms with Gasteiger partial charge in [0.1, 0.15) is 5.75 Å². The summed E-state index contributed by atoms with van der Waals surface area (Å²) in [6, 6.07) is 14.9. The van der Waals surface area contributed by atoms with E-state index in [0.29, 0.717) is 16.9 Å². The number of hydrogen-bond acceptors (Lipinski definition) is 4. The number of phenols is 1. The number of aryl methyl sites for hydroxylation is 3. The van der Waals surface area contributed by atoms with Gasteiger partial charge in [-0.15, -0.1) is 0 Å². The van der Waals surface area contributed by atoms with Gasteiger partial charge in [0.2, 0.25) is 5.78 Å². The summed E-state index contributed by atoms with van der Waals surface area (Å²) < 4.78 is 6.23. The largest absolute Gasteiger partial charge is 0.508 e. The zero-order valence-electron chi connectivity index (χ0n) is 17.6. The topological polar surface area (TPSA) is 86.5 Å². The van der Waals surface area contributed by atoms with Crippen molar-refractivity contribution in [2.24, 2.45) is 14.1 Å². The number of hydrogen-bond donors (Lipinski definition) is 1. The van der Waals surface area contributed by atoms with Crippen LogP contribution in [0.5, 0.6) is 5.75 Å². The van der Waals surface area contributed by atoms with Gasteiger partial charge in [-0.25, -0.2) is 4.79 Å². The molecule has 0 amide bonds. The normalized spacial score (nSPS) is 11.6. The Kier molecular flexibility index (Phi) is 3.95. The second kappa shape index (κ2) is 6.46. The molecule has 3 heterocycles. The maximum absolute atomic E-state index is 13.1. The number of fused-ring (bicyclic) bond motifs is 3. The van der Waals surface area contributed by atoms with Gasteiger partial charge in [0.05, 0.1) is 5.69 Å². The first kappa shape index (κ1) is 18.9. The maximum atomic E-state index is 13.1. The molecule has 0 bridgehead atoms. The Morgan fingerprint density at radius 1 is 0.871 bits per heavy atom. The Labute approximate surface area is 176 Å².